The van der Waals surface area contributed by atoms with Crippen LogP contribution < -0.4 is 5.32 Å². The first-order valence-corrected chi connectivity index (χ1v) is 7.05. The van der Waals surface area contributed by atoms with Crippen molar-refractivity contribution < 1.29 is 4.79 Å². The van der Waals surface area contributed by atoms with Crippen LogP contribution in [0.1, 0.15) is 37.7 Å². The van der Waals surface area contributed by atoms with E-state index in [0.29, 0.717) is 6.04 Å². The van der Waals surface area contributed by atoms with Gasteiger partial charge in [-0.3, -0.25) is 4.79 Å². The number of benzene rings is 1. The minimum absolute atomic E-state index is 0.0182. The molecule has 1 aliphatic rings. The first-order chi connectivity index (χ1) is 9.34. The topological polar surface area (TPSA) is 29.1 Å². The number of carbonyl (C=O) groups excluding carboxylic acids is 1. The molecular weight excluding hydrogens is 234 g/mol. The quantitative estimate of drug-likeness (QED) is 0.645. The molecule has 0 saturated heterocycles. The van der Waals surface area contributed by atoms with Crippen LogP contribution in [0.25, 0.3) is 6.08 Å². The van der Waals surface area contributed by atoms with Crippen molar-refractivity contribution in [1.29, 1.82) is 0 Å². The van der Waals surface area contributed by atoms with Crippen molar-refractivity contribution in [1.82, 2.24) is 5.32 Å². The van der Waals surface area contributed by atoms with Gasteiger partial charge in [0, 0.05) is 12.1 Å². The number of hydrogen-bond donors (Lipinski definition) is 1. The third kappa shape index (κ3) is 5.12. The second-order valence-corrected chi connectivity index (χ2v) is 4.97. The fourth-order valence-electron chi connectivity index (χ4n) is 2.37. The summed E-state index contributed by atoms with van der Waals surface area (Å²) < 4.78 is 0. The van der Waals surface area contributed by atoms with E-state index in [1.165, 1.54) is 19.3 Å². The van der Waals surface area contributed by atoms with Crippen molar-refractivity contribution in [2.24, 2.45) is 0 Å². The molecule has 0 atom stereocenters. The number of rotatable bonds is 4. The van der Waals surface area contributed by atoms with E-state index in [9.17, 15) is 4.79 Å². The van der Waals surface area contributed by atoms with Gasteiger partial charge in [-0.15, -0.1) is 0 Å². The minimum Gasteiger partial charge on any atom is -0.350 e. The lowest BCUT2D eigenvalue weighted by Gasteiger charge is -2.21. The SMILES string of the molecule is O=C(C=CC=Cc1ccccc1)NC1CCCCC1. The Kier molecular flexibility index (Phi) is 5.42. The summed E-state index contributed by atoms with van der Waals surface area (Å²) in [6.45, 7) is 0. The van der Waals surface area contributed by atoms with Crippen LogP contribution in [0, 0.1) is 0 Å². The molecule has 1 fully saturated rings. The lowest BCUT2D eigenvalue weighted by atomic mass is 9.95. The van der Waals surface area contributed by atoms with Crippen molar-refractivity contribution in [2.45, 2.75) is 38.1 Å². The standard InChI is InChI=1S/C17H21NO/c19-17(18-16-12-5-2-6-13-16)14-8-7-11-15-9-3-1-4-10-15/h1,3-4,7-11,14,16H,2,5-6,12-13H2,(H,18,19). The van der Waals surface area contributed by atoms with Crippen LogP contribution in [0.3, 0.4) is 0 Å². The van der Waals surface area contributed by atoms with Crippen LogP contribution in [-0.2, 0) is 4.79 Å². The Labute approximate surface area is 115 Å². The molecule has 0 spiro atoms. The molecule has 0 unspecified atom stereocenters. The normalized spacial score (nSPS) is 17.1. The molecule has 0 radical (unpaired) electrons. The van der Waals surface area contributed by atoms with Crippen LogP contribution in [0.4, 0.5) is 0 Å². The molecule has 2 rings (SSSR count). The predicted molar refractivity (Wildman–Crippen MR) is 79.6 cm³/mol. The second-order valence-electron chi connectivity index (χ2n) is 4.97. The van der Waals surface area contributed by atoms with E-state index < -0.39 is 0 Å². The van der Waals surface area contributed by atoms with E-state index in [1.54, 1.807) is 12.2 Å². The number of allylic oxidation sites excluding steroid dienone is 2. The van der Waals surface area contributed by atoms with Gasteiger partial charge < -0.3 is 5.32 Å². The molecule has 1 aliphatic carbocycles. The third-order valence-corrected chi connectivity index (χ3v) is 3.40. The monoisotopic (exact) mass is 255 g/mol. The molecule has 1 aromatic rings. The van der Waals surface area contributed by atoms with E-state index in [1.807, 2.05) is 42.5 Å². The molecule has 1 saturated carbocycles. The summed E-state index contributed by atoms with van der Waals surface area (Å²) in [5.41, 5.74) is 1.14. The maximum atomic E-state index is 11.7. The average Bonchev–Trinajstić information content (AvgIpc) is 2.46. The van der Waals surface area contributed by atoms with Gasteiger partial charge in [-0.05, 0) is 18.4 Å². The molecule has 1 N–H and O–H groups in total. The smallest absolute Gasteiger partial charge is 0.244 e. The lowest BCUT2D eigenvalue weighted by Crippen LogP contribution is -2.34. The molecule has 1 amide bonds. The van der Waals surface area contributed by atoms with E-state index in [4.69, 9.17) is 0 Å². The maximum absolute atomic E-state index is 11.7. The highest BCUT2D eigenvalue weighted by molar-refractivity contribution is 5.88. The summed E-state index contributed by atoms with van der Waals surface area (Å²) in [5, 5.41) is 3.06. The molecule has 2 heteroatoms. The third-order valence-electron chi connectivity index (χ3n) is 3.40. The van der Waals surface area contributed by atoms with E-state index >= 15 is 0 Å². The van der Waals surface area contributed by atoms with Gasteiger partial charge >= 0.3 is 0 Å². The molecule has 100 valence electrons. The van der Waals surface area contributed by atoms with Gasteiger partial charge in [-0.25, -0.2) is 0 Å². The molecular formula is C17H21NO. The van der Waals surface area contributed by atoms with Crippen molar-refractivity contribution in [3.8, 4) is 0 Å². The van der Waals surface area contributed by atoms with Crippen molar-refractivity contribution in [3.05, 3.63) is 54.1 Å². The van der Waals surface area contributed by atoms with Gasteiger partial charge in [-0.1, -0.05) is 67.8 Å². The molecule has 0 aromatic heterocycles. The Morgan fingerprint density at radius 2 is 1.79 bits per heavy atom. The Morgan fingerprint density at radius 1 is 1.05 bits per heavy atom. The highest BCUT2D eigenvalue weighted by atomic mass is 16.1. The Morgan fingerprint density at radius 3 is 2.53 bits per heavy atom. The van der Waals surface area contributed by atoms with Gasteiger partial charge in [-0.2, -0.15) is 0 Å². The summed E-state index contributed by atoms with van der Waals surface area (Å²) in [6, 6.07) is 10.4. The van der Waals surface area contributed by atoms with Crippen molar-refractivity contribution >= 4 is 12.0 Å². The molecule has 0 aliphatic heterocycles. The van der Waals surface area contributed by atoms with Crippen LogP contribution >= 0.6 is 0 Å². The highest BCUT2D eigenvalue weighted by Crippen LogP contribution is 2.17. The second kappa shape index (κ2) is 7.57. The number of hydrogen-bond acceptors (Lipinski definition) is 1. The van der Waals surface area contributed by atoms with Gasteiger partial charge in [0.2, 0.25) is 5.91 Å². The lowest BCUT2D eigenvalue weighted by molar-refractivity contribution is -0.117. The fourth-order valence-corrected chi connectivity index (χ4v) is 2.37. The summed E-state index contributed by atoms with van der Waals surface area (Å²) in [5.74, 6) is 0.0182. The van der Waals surface area contributed by atoms with E-state index in [0.717, 1.165) is 18.4 Å². The Balaban J connectivity index is 1.75. The maximum Gasteiger partial charge on any atom is 0.244 e. The molecule has 0 bridgehead atoms. The fraction of sp³-hybridized carbons (Fsp3) is 0.353. The summed E-state index contributed by atoms with van der Waals surface area (Å²) in [4.78, 5) is 11.7. The van der Waals surface area contributed by atoms with Crippen molar-refractivity contribution in [2.75, 3.05) is 0 Å². The van der Waals surface area contributed by atoms with Gasteiger partial charge in [0.15, 0.2) is 0 Å². The predicted octanol–water partition coefficient (Wildman–Crippen LogP) is 3.70. The Bertz CT molecular complexity index is 442. The minimum atomic E-state index is 0.0182. The molecule has 0 heterocycles. The van der Waals surface area contributed by atoms with E-state index in [-0.39, 0.29) is 5.91 Å². The highest BCUT2D eigenvalue weighted by Gasteiger charge is 2.13. The van der Waals surface area contributed by atoms with E-state index in [2.05, 4.69) is 5.32 Å². The van der Waals surface area contributed by atoms with Gasteiger partial charge in [0.05, 0.1) is 0 Å². The molecule has 1 aromatic carbocycles. The van der Waals surface area contributed by atoms with Crippen LogP contribution in [-0.4, -0.2) is 11.9 Å². The van der Waals surface area contributed by atoms with Gasteiger partial charge in [0.1, 0.15) is 0 Å². The van der Waals surface area contributed by atoms with Crippen LogP contribution in [0.15, 0.2) is 48.6 Å². The largest absolute Gasteiger partial charge is 0.350 e. The average molecular weight is 255 g/mol. The Hall–Kier alpha value is -1.83. The number of carbonyl (C=O) groups is 1. The zero-order valence-electron chi connectivity index (χ0n) is 11.2. The summed E-state index contributed by atoms with van der Waals surface area (Å²) in [7, 11) is 0. The molecule has 2 nitrogen and oxygen atoms in total. The first kappa shape index (κ1) is 13.6. The summed E-state index contributed by atoms with van der Waals surface area (Å²) >= 11 is 0. The van der Waals surface area contributed by atoms with Crippen LogP contribution in [0.2, 0.25) is 0 Å². The number of nitrogens with one attached hydrogen (secondary N) is 1. The van der Waals surface area contributed by atoms with Gasteiger partial charge in [0.25, 0.3) is 0 Å². The molecule has 19 heavy (non-hydrogen) atoms. The number of amides is 1. The zero-order chi connectivity index (χ0) is 13.3. The van der Waals surface area contributed by atoms with Crippen LogP contribution in [0.5, 0.6) is 0 Å². The summed E-state index contributed by atoms with van der Waals surface area (Å²) in [6.07, 6.45) is 13.3. The first-order valence-electron chi connectivity index (χ1n) is 7.05. The zero-order valence-corrected chi connectivity index (χ0v) is 11.2. The van der Waals surface area contributed by atoms with Crippen molar-refractivity contribution in [3.63, 3.8) is 0 Å².